The number of aliphatic carboxylic acids is 1. The predicted molar refractivity (Wildman–Crippen MR) is 124 cm³/mol. The van der Waals surface area contributed by atoms with Crippen LogP contribution < -0.4 is 15.2 Å². The van der Waals surface area contributed by atoms with Gasteiger partial charge < -0.3 is 24.7 Å². The standard InChI is InChI=1S/C24H24F4N2O5.ClH/c1-12(29)20-16(10-24(22(31)32)7-6-15(25)9-19(24)26)30-21(35-20)14-4-5-17(34-23(27)28)18(8-14)33-11-13-2-3-13;/h4-9,12-13,19,23H,2-3,10-11,29H2,1H3,(H,31,32);1H. The van der Waals surface area contributed by atoms with Crippen molar-refractivity contribution in [2.75, 3.05) is 6.61 Å². The second-order valence-corrected chi connectivity index (χ2v) is 8.72. The number of hydrogen-bond donors (Lipinski definition) is 2. The molecular weight excluding hydrogens is 508 g/mol. The number of nitrogens with zero attached hydrogens (tertiary/aromatic N) is 1. The highest BCUT2D eigenvalue weighted by Crippen LogP contribution is 2.40. The van der Waals surface area contributed by atoms with Crippen molar-refractivity contribution in [3.8, 4) is 23.0 Å². The van der Waals surface area contributed by atoms with Gasteiger partial charge >= 0.3 is 12.6 Å². The first kappa shape index (κ1) is 27.5. The van der Waals surface area contributed by atoms with Crippen LogP contribution in [-0.4, -0.2) is 35.4 Å². The Morgan fingerprint density at radius 3 is 2.64 bits per heavy atom. The SMILES string of the molecule is CC(N)c1oc(-c2ccc(OC(F)F)c(OCC3CC3)c2)nc1CC1(C(=O)O)C=CC(F)=CC1F.Cl. The Kier molecular flexibility index (Phi) is 8.35. The smallest absolute Gasteiger partial charge is 0.387 e. The van der Waals surface area contributed by atoms with Crippen LogP contribution >= 0.6 is 12.4 Å². The number of benzene rings is 1. The van der Waals surface area contributed by atoms with E-state index in [1.807, 2.05) is 0 Å². The van der Waals surface area contributed by atoms with E-state index in [1.165, 1.54) is 18.2 Å². The highest BCUT2D eigenvalue weighted by Gasteiger charge is 2.47. The van der Waals surface area contributed by atoms with Gasteiger partial charge in [-0.2, -0.15) is 8.78 Å². The zero-order valence-corrected chi connectivity index (χ0v) is 19.9. The van der Waals surface area contributed by atoms with Gasteiger partial charge in [0.25, 0.3) is 0 Å². The molecule has 1 saturated carbocycles. The fourth-order valence-electron chi connectivity index (χ4n) is 3.77. The maximum atomic E-state index is 14.8. The molecule has 36 heavy (non-hydrogen) atoms. The van der Waals surface area contributed by atoms with Gasteiger partial charge in [-0.1, -0.05) is 6.08 Å². The number of halogens is 5. The lowest BCUT2D eigenvalue weighted by atomic mass is 9.75. The monoisotopic (exact) mass is 532 g/mol. The summed E-state index contributed by atoms with van der Waals surface area (Å²) in [6, 6.07) is 3.39. The fraction of sp³-hybridized carbons (Fsp3) is 0.417. The van der Waals surface area contributed by atoms with E-state index in [0.717, 1.165) is 25.0 Å². The molecule has 0 saturated heterocycles. The van der Waals surface area contributed by atoms with Gasteiger partial charge in [0.1, 0.15) is 23.2 Å². The number of allylic oxidation sites excluding steroid dienone is 3. The average Bonchev–Trinajstić information content (AvgIpc) is 3.52. The lowest BCUT2D eigenvalue weighted by molar-refractivity contribution is -0.148. The minimum Gasteiger partial charge on any atom is -0.489 e. The Hall–Kier alpha value is -3.05. The van der Waals surface area contributed by atoms with Crippen LogP contribution in [0.25, 0.3) is 11.5 Å². The zero-order valence-electron chi connectivity index (χ0n) is 19.1. The van der Waals surface area contributed by atoms with Crippen LogP contribution in [0.3, 0.4) is 0 Å². The number of aromatic nitrogens is 1. The van der Waals surface area contributed by atoms with Crippen molar-refractivity contribution < 1.29 is 41.4 Å². The van der Waals surface area contributed by atoms with E-state index in [9.17, 15) is 27.5 Å². The van der Waals surface area contributed by atoms with Crippen molar-refractivity contribution in [1.82, 2.24) is 4.98 Å². The summed E-state index contributed by atoms with van der Waals surface area (Å²) in [6.45, 7) is -1.14. The third-order valence-corrected chi connectivity index (χ3v) is 5.92. The van der Waals surface area contributed by atoms with Crippen molar-refractivity contribution in [2.24, 2.45) is 17.1 Å². The van der Waals surface area contributed by atoms with Crippen molar-refractivity contribution in [2.45, 2.75) is 45.0 Å². The molecule has 3 unspecified atom stereocenters. The van der Waals surface area contributed by atoms with Gasteiger partial charge in [-0.15, -0.1) is 12.4 Å². The number of carboxylic acid groups (broad SMARTS) is 1. The van der Waals surface area contributed by atoms with E-state index in [0.29, 0.717) is 24.2 Å². The Bertz CT molecular complexity index is 1170. The average molecular weight is 533 g/mol. The molecule has 4 rings (SSSR count). The Labute approximate surface area is 210 Å². The molecule has 1 heterocycles. The molecule has 0 aliphatic heterocycles. The Morgan fingerprint density at radius 1 is 1.33 bits per heavy atom. The van der Waals surface area contributed by atoms with Gasteiger partial charge in [0.15, 0.2) is 11.5 Å². The van der Waals surface area contributed by atoms with E-state index in [1.54, 1.807) is 6.92 Å². The molecule has 1 aromatic carbocycles. The second-order valence-electron chi connectivity index (χ2n) is 8.72. The third kappa shape index (κ3) is 5.84. The number of carboxylic acids is 1. The van der Waals surface area contributed by atoms with Crippen LogP contribution in [0.15, 0.2) is 46.7 Å². The number of oxazole rings is 1. The van der Waals surface area contributed by atoms with E-state index >= 15 is 0 Å². The summed E-state index contributed by atoms with van der Waals surface area (Å²) in [5, 5.41) is 9.78. The highest BCUT2D eigenvalue weighted by atomic mass is 35.5. The third-order valence-electron chi connectivity index (χ3n) is 5.92. The minimum absolute atomic E-state index is 0. The van der Waals surface area contributed by atoms with Gasteiger partial charge in [-0.3, -0.25) is 4.79 Å². The zero-order chi connectivity index (χ0) is 25.3. The van der Waals surface area contributed by atoms with Crippen LogP contribution in [0.2, 0.25) is 0 Å². The van der Waals surface area contributed by atoms with Crippen LogP contribution in [0.1, 0.15) is 37.3 Å². The number of rotatable bonds is 10. The molecule has 196 valence electrons. The van der Waals surface area contributed by atoms with Crippen LogP contribution in [0.5, 0.6) is 11.5 Å². The molecule has 3 atom stereocenters. The predicted octanol–water partition coefficient (Wildman–Crippen LogP) is 5.55. The summed E-state index contributed by atoms with van der Waals surface area (Å²) in [4.78, 5) is 16.4. The number of hydrogen-bond acceptors (Lipinski definition) is 6. The van der Waals surface area contributed by atoms with Crippen LogP contribution in [0.4, 0.5) is 17.6 Å². The minimum atomic E-state index is -3.05. The highest BCUT2D eigenvalue weighted by molar-refractivity contribution is 5.85. The molecule has 2 aliphatic carbocycles. The molecule has 0 spiro atoms. The molecule has 0 amide bonds. The molecule has 12 heteroatoms. The number of ether oxygens (including phenoxy) is 2. The van der Waals surface area contributed by atoms with Gasteiger partial charge in [0, 0.05) is 12.0 Å². The summed E-state index contributed by atoms with van der Waals surface area (Å²) >= 11 is 0. The molecule has 0 radical (unpaired) electrons. The maximum absolute atomic E-state index is 14.8. The first-order valence-corrected chi connectivity index (χ1v) is 11.0. The van der Waals surface area contributed by atoms with Crippen molar-refractivity contribution >= 4 is 18.4 Å². The topological polar surface area (TPSA) is 108 Å². The van der Waals surface area contributed by atoms with Gasteiger partial charge in [-0.05, 0) is 56.0 Å². The van der Waals surface area contributed by atoms with Gasteiger partial charge in [0.2, 0.25) is 5.89 Å². The normalized spacial score (nSPS) is 22.1. The van der Waals surface area contributed by atoms with Gasteiger partial charge in [0.05, 0.1) is 18.3 Å². The van der Waals surface area contributed by atoms with E-state index in [4.69, 9.17) is 14.9 Å². The number of carbonyl (C=O) groups is 1. The Morgan fingerprint density at radius 2 is 2.06 bits per heavy atom. The molecule has 2 aliphatic rings. The molecule has 7 nitrogen and oxygen atoms in total. The molecule has 1 fully saturated rings. The van der Waals surface area contributed by atoms with Crippen molar-refractivity contribution in [3.05, 3.63) is 53.7 Å². The Balaban J connectivity index is 0.00000361. The summed E-state index contributed by atoms with van der Waals surface area (Å²) in [5.74, 6) is -2.01. The molecular formula is C24H25ClF4N2O5. The van der Waals surface area contributed by atoms with Gasteiger partial charge in [-0.25, -0.2) is 13.8 Å². The quantitative estimate of drug-likeness (QED) is 0.386. The second kappa shape index (κ2) is 10.9. The van der Waals surface area contributed by atoms with Crippen LogP contribution in [0, 0.1) is 11.3 Å². The lowest BCUT2D eigenvalue weighted by Gasteiger charge is -2.29. The first-order valence-electron chi connectivity index (χ1n) is 11.0. The molecule has 2 aromatic rings. The van der Waals surface area contributed by atoms with Crippen LogP contribution in [-0.2, 0) is 11.2 Å². The summed E-state index contributed by atoms with van der Waals surface area (Å²) in [7, 11) is 0. The lowest BCUT2D eigenvalue weighted by Crippen LogP contribution is -2.41. The van der Waals surface area contributed by atoms with E-state index in [-0.39, 0.29) is 41.3 Å². The number of alkyl halides is 3. The molecule has 1 aromatic heterocycles. The number of nitrogens with two attached hydrogens (primary N) is 1. The first-order chi connectivity index (χ1) is 16.6. The summed E-state index contributed by atoms with van der Waals surface area (Å²) in [5.41, 5.74) is 4.29. The summed E-state index contributed by atoms with van der Waals surface area (Å²) < 4.78 is 69.9. The van der Waals surface area contributed by atoms with E-state index < -0.39 is 42.5 Å². The molecule has 3 N–H and O–H groups in total. The van der Waals surface area contributed by atoms with Crippen molar-refractivity contribution in [1.29, 1.82) is 0 Å². The van der Waals surface area contributed by atoms with Crippen molar-refractivity contribution in [3.63, 3.8) is 0 Å². The summed E-state index contributed by atoms with van der Waals surface area (Å²) in [6.07, 6.45) is 1.80. The largest absolute Gasteiger partial charge is 0.489 e. The fourth-order valence-corrected chi connectivity index (χ4v) is 3.77. The molecule has 0 bridgehead atoms. The van der Waals surface area contributed by atoms with E-state index in [2.05, 4.69) is 9.72 Å². The maximum Gasteiger partial charge on any atom is 0.387 e.